The van der Waals surface area contributed by atoms with E-state index in [-0.39, 0.29) is 12.4 Å². The Bertz CT molecular complexity index is 371. The number of aliphatic hydroxyl groups excluding tert-OH is 1. The third-order valence-corrected chi connectivity index (χ3v) is 3.35. The van der Waals surface area contributed by atoms with E-state index in [2.05, 4.69) is 20.9 Å². The second-order valence-electron chi connectivity index (χ2n) is 3.96. The number of hydrogen-bond donors (Lipinski definition) is 1. The van der Waals surface area contributed by atoms with Crippen molar-refractivity contribution in [2.75, 3.05) is 18.1 Å². The van der Waals surface area contributed by atoms with Crippen LogP contribution in [0.2, 0.25) is 0 Å². The van der Waals surface area contributed by atoms with Crippen LogP contribution in [0.15, 0.2) is 16.7 Å². The van der Waals surface area contributed by atoms with Gasteiger partial charge in [-0.3, -0.25) is 0 Å². The summed E-state index contributed by atoms with van der Waals surface area (Å²) in [5.74, 6) is 0.0108. The maximum absolute atomic E-state index is 13.7. The van der Waals surface area contributed by atoms with Crippen LogP contribution in [0.1, 0.15) is 19.3 Å². The molecule has 0 amide bonds. The number of aliphatic hydroxyl groups is 1. The Morgan fingerprint density at radius 3 is 2.81 bits per heavy atom. The summed E-state index contributed by atoms with van der Waals surface area (Å²) in [5, 5.41) is 9.01. The van der Waals surface area contributed by atoms with E-state index in [4.69, 9.17) is 5.11 Å². The molecular weight excluding hydrogens is 275 g/mol. The van der Waals surface area contributed by atoms with Gasteiger partial charge in [0.2, 0.25) is 0 Å². The van der Waals surface area contributed by atoms with Gasteiger partial charge in [0.05, 0.1) is 6.61 Å². The second-order valence-corrected chi connectivity index (χ2v) is 4.88. The molecule has 0 saturated heterocycles. The van der Waals surface area contributed by atoms with Gasteiger partial charge < -0.3 is 10.0 Å². The molecule has 1 N–H and O–H groups in total. The first-order valence-electron chi connectivity index (χ1n) is 5.41. The van der Waals surface area contributed by atoms with Gasteiger partial charge >= 0.3 is 0 Å². The van der Waals surface area contributed by atoms with Gasteiger partial charge in [0.15, 0.2) is 11.6 Å². The van der Waals surface area contributed by atoms with E-state index in [9.17, 15) is 4.39 Å². The van der Waals surface area contributed by atoms with Gasteiger partial charge in [0, 0.05) is 23.3 Å². The van der Waals surface area contributed by atoms with Crippen LogP contribution in [0.4, 0.5) is 10.2 Å². The summed E-state index contributed by atoms with van der Waals surface area (Å²) < 4.78 is 14.4. The first-order valence-corrected chi connectivity index (χ1v) is 6.20. The Morgan fingerprint density at radius 2 is 2.31 bits per heavy atom. The molecule has 1 aromatic heterocycles. The van der Waals surface area contributed by atoms with Gasteiger partial charge in [-0.1, -0.05) is 0 Å². The van der Waals surface area contributed by atoms with Crippen molar-refractivity contribution < 1.29 is 9.50 Å². The Hall–Kier alpha value is -0.680. The molecule has 0 unspecified atom stereocenters. The molecule has 0 radical (unpaired) electrons. The number of rotatable bonds is 4. The summed E-state index contributed by atoms with van der Waals surface area (Å²) in [6, 6.07) is 1.74. The fourth-order valence-electron chi connectivity index (χ4n) is 1.89. The van der Waals surface area contributed by atoms with Crippen LogP contribution in [0.3, 0.4) is 0 Å². The first-order chi connectivity index (χ1) is 7.72. The molecule has 0 spiro atoms. The van der Waals surface area contributed by atoms with Crippen molar-refractivity contribution in [3.05, 3.63) is 22.6 Å². The minimum atomic E-state index is -0.338. The molecule has 16 heavy (non-hydrogen) atoms. The molecule has 3 nitrogen and oxygen atoms in total. The molecule has 1 fully saturated rings. The number of aromatic nitrogens is 1. The monoisotopic (exact) mass is 288 g/mol. The Balaban J connectivity index is 2.23. The van der Waals surface area contributed by atoms with E-state index in [0.29, 0.717) is 22.9 Å². The van der Waals surface area contributed by atoms with E-state index in [1.807, 2.05) is 4.90 Å². The highest BCUT2D eigenvalue weighted by Gasteiger charge is 2.27. The minimum Gasteiger partial charge on any atom is -0.395 e. The number of pyridine rings is 1. The highest BCUT2D eigenvalue weighted by Crippen LogP contribution is 2.30. The zero-order valence-electron chi connectivity index (χ0n) is 8.87. The molecule has 1 saturated carbocycles. The van der Waals surface area contributed by atoms with Crippen molar-refractivity contribution >= 4 is 21.7 Å². The van der Waals surface area contributed by atoms with Crippen LogP contribution in [0, 0.1) is 5.82 Å². The lowest BCUT2D eigenvalue weighted by atomic mass is 9.91. The van der Waals surface area contributed by atoms with Crippen molar-refractivity contribution in [1.82, 2.24) is 4.98 Å². The van der Waals surface area contributed by atoms with Crippen molar-refractivity contribution in [2.45, 2.75) is 25.3 Å². The quantitative estimate of drug-likeness (QED) is 0.924. The molecule has 1 aromatic rings. The Morgan fingerprint density at radius 1 is 1.56 bits per heavy atom. The summed E-state index contributed by atoms with van der Waals surface area (Å²) in [6.07, 6.45) is 4.86. The number of hydrogen-bond acceptors (Lipinski definition) is 3. The fourth-order valence-corrected chi connectivity index (χ4v) is 2.19. The number of nitrogens with zero attached hydrogens (tertiary/aromatic N) is 2. The van der Waals surface area contributed by atoms with E-state index in [1.165, 1.54) is 12.5 Å². The van der Waals surface area contributed by atoms with Gasteiger partial charge in [-0.25, -0.2) is 9.37 Å². The molecule has 2 rings (SSSR count). The largest absolute Gasteiger partial charge is 0.395 e. The predicted molar refractivity (Wildman–Crippen MR) is 64.0 cm³/mol. The van der Waals surface area contributed by atoms with Gasteiger partial charge in [0.25, 0.3) is 0 Å². The van der Waals surface area contributed by atoms with Crippen molar-refractivity contribution in [3.63, 3.8) is 0 Å². The average Bonchev–Trinajstić information content (AvgIpc) is 2.14. The number of halogens is 2. The van der Waals surface area contributed by atoms with Crippen LogP contribution in [0.25, 0.3) is 0 Å². The summed E-state index contributed by atoms with van der Waals surface area (Å²) in [5.41, 5.74) is 0. The highest BCUT2D eigenvalue weighted by molar-refractivity contribution is 9.10. The second kappa shape index (κ2) is 5.10. The molecule has 0 atom stereocenters. The van der Waals surface area contributed by atoms with E-state index in [0.717, 1.165) is 12.8 Å². The molecule has 0 aliphatic heterocycles. The topological polar surface area (TPSA) is 36.4 Å². The summed E-state index contributed by atoms with van der Waals surface area (Å²) in [6.45, 7) is 0.462. The lowest BCUT2D eigenvalue weighted by Gasteiger charge is -2.38. The zero-order valence-corrected chi connectivity index (χ0v) is 10.5. The maximum atomic E-state index is 13.7. The van der Waals surface area contributed by atoms with Crippen LogP contribution in [-0.4, -0.2) is 29.3 Å². The van der Waals surface area contributed by atoms with Gasteiger partial charge in [-0.15, -0.1) is 0 Å². The lowest BCUT2D eigenvalue weighted by molar-refractivity contribution is 0.282. The van der Waals surface area contributed by atoms with E-state index in [1.54, 1.807) is 6.20 Å². The molecule has 88 valence electrons. The standard InChI is InChI=1S/C11H14BrFN2O/c12-8-6-10(13)11(14-7-8)15(4-5-16)9-2-1-3-9/h6-7,9,16H,1-5H2. The molecule has 0 aromatic carbocycles. The first kappa shape index (κ1) is 11.8. The van der Waals surface area contributed by atoms with E-state index < -0.39 is 0 Å². The maximum Gasteiger partial charge on any atom is 0.166 e. The van der Waals surface area contributed by atoms with Crippen LogP contribution < -0.4 is 4.90 Å². The molecular formula is C11H14BrFN2O. The van der Waals surface area contributed by atoms with Gasteiger partial charge in [-0.05, 0) is 41.3 Å². The summed E-state index contributed by atoms with van der Waals surface area (Å²) in [4.78, 5) is 5.96. The van der Waals surface area contributed by atoms with Crippen molar-refractivity contribution in [1.29, 1.82) is 0 Å². The smallest absolute Gasteiger partial charge is 0.166 e. The van der Waals surface area contributed by atoms with Crippen molar-refractivity contribution in [3.8, 4) is 0 Å². The van der Waals surface area contributed by atoms with E-state index >= 15 is 0 Å². The fraction of sp³-hybridized carbons (Fsp3) is 0.545. The normalized spacial score (nSPS) is 15.9. The lowest BCUT2D eigenvalue weighted by Crippen LogP contribution is -2.42. The molecule has 1 aliphatic carbocycles. The van der Waals surface area contributed by atoms with Gasteiger partial charge in [0.1, 0.15) is 0 Å². The van der Waals surface area contributed by atoms with Crippen molar-refractivity contribution in [2.24, 2.45) is 0 Å². The van der Waals surface area contributed by atoms with Crippen LogP contribution >= 0.6 is 15.9 Å². The zero-order chi connectivity index (χ0) is 11.5. The van der Waals surface area contributed by atoms with Crippen LogP contribution in [-0.2, 0) is 0 Å². The molecule has 5 heteroatoms. The molecule has 1 heterocycles. The SMILES string of the molecule is OCCN(c1ncc(Br)cc1F)C1CCC1. The highest BCUT2D eigenvalue weighted by atomic mass is 79.9. The minimum absolute atomic E-state index is 0.0215. The number of anilines is 1. The predicted octanol–water partition coefficient (Wildman–Crippen LogP) is 2.33. The average molecular weight is 289 g/mol. The van der Waals surface area contributed by atoms with Gasteiger partial charge in [-0.2, -0.15) is 0 Å². The molecule has 0 bridgehead atoms. The third-order valence-electron chi connectivity index (χ3n) is 2.92. The Kier molecular flexibility index (Phi) is 3.76. The summed E-state index contributed by atoms with van der Waals surface area (Å²) >= 11 is 3.18. The third kappa shape index (κ3) is 2.35. The summed E-state index contributed by atoms with van der Waals surface area (Å²) in [7, 11) is 0. The Labute approximate surface area is 102 Å². The molecule has 1 aliphatic rings. The van der Waals surface area contributed by atoms with Crippen LogP contribution in [0.5, 0.6) is 0 Å².